The summed E-state index contributed by atoms with van der Waals surface area (Å²) in [5.41, 5.74) is 1.21. The van der Waals surface area contributed by atoms with E-state index in [1.807, 2.05) is 0 Å². The van der Waals surface area contributed by atoms with Gasteiger partial charge in [0.25, 0.3) is 5.69 Å². The van der Waals surface area contributed by atoms with Crippen LogP contribution in [0.3, 0.4) is 0 Å². The summed E-state index contributed by atoms with van der Waals surface area (Å²) in [7, 11) is 0. The van der Waals surface area contributed by atoms with Gasteiger partial charge in [0.1, 0.15) is 5.82 Å². The quantitative estimate of drug-likeness (QED) is 0.454. The van der Waals surface area contributed by atoms with Crippen LogP contribution in [0.4, 0.5) is 10.1 Å². The number of nitrogens with zero attached hydrogens (tertiary/aromatic N) is 1. The Balaban J connectivity index is 2.04. The number of nitrogens with one attached hydrogen (secondary N) is 1. The lowest BCUT2D eigenvalue weighted by atomic mass is 10.0. The van der Waals surface area contributed by atoms with Crippen LogP contribution in [-0.2, 0) is 0 Å². The first-order valence-corrected chi connectivity index (χ1v) is 6.12. The van der Waals surface area contributed by atoms with E-state index < -0.39 is 10.7 Å². The van der Waals surface area contributed by atoms with Gasteiger partial charge in [0.05, 0.1) is 4.92 Å². The largest absolute Gasteiger partial charge is 0.360 e. The summed E-state index contributed by atoms with van der Waals surface area (Å²) >= 11 is 0. The smallest absolute Gasteiger partial charge is 0.269 e. The Morgan fingerprint density at radius 3 is 2.52 bits per heavy atom. The molecule has 0 atom stereocenters. The number of benzene rings is 2. The lowest BCUT2D eigenvalue weighted by Crippen LogP contribution is -2.00. The molecule has 5 nitrogen and oxygen atoms in total. The Labute approximate surface area is 118 Å². The summed E-state index contributed by atoms with van der Waals surface area (Å²) in [5, 5.41) is 11.1. The zero-order valence-electron chi connectivity index (χ0n) is 10.7. The van der Waals surface area contributed by atoms with Crippen molar-refractivity contribution in [2.75, 3.05) is 0 Å². The van der Waals surface area contributed by atoms with E-state index in [1.54, 1.807) is 6.07 Å². The van der Waals surface area contributed by atoms with Crippen LogP contribution in [0, 0.1) is 15.9 Å². The molecule has 21 heavy (non-hydrogen) atoms. The maximum absolute atomic E-state index is 13.3. The van der Waals surface area contributed by atoms with Gasteiger partial charge in [-0.3, -0.25) is 14.9 Å². The van der Waals surface area contributed by atoms with Crippen molar-refractivity contribution < 1.29 is 14.1 Å². The third-order valence-electron chi connectivity index (χ3n) is 3.23. The lowest BCUT2D eigenvalue weighted by Gasteiger charge is -2.00. The van der Waals surface area contributed by atoms with Gasteiger partial charge >= 0.3 is 0 Å². The summed E-state index contributed by atoms with van der Waals surface area (Å²) in [5.74, 6) is -0.749. The topological polar surface area (TPSA) is 76.0 Å². The molecule has 0 radical (unpaired) electrons. The number of nitro groups is 1. The van der Waals surface area contributed by atoms with Crippen LogP contribution >= 0.6 is 0 Å². The van der Waals surface area contributed by atoms with Crippen LogP contribution in [0.2, 0.25) is 0 Å². The molecule has 1 N–H and O–H groups in total. The summed E-state index contributed by atoms with van der Waals surface area (Å²) in [6, 6.07) is 9.45. The Morgan fingerprint density at radius 1 is 1.14 bits per heavy atom. The fourth-order valence-corrected chi connectivity index (χ4v) is 2.17. The summed E-state index contributed by atoms with van der Waals surface area (Å²) in [6.07, 6.45) is 1.51. The number of ketones is 1. The number of H-pyrrole nitrogens is 1. The van der Waals surface area contributed by atoms with Crippen molar-refractivity contribution in [1.29, 1.82) is 0 Å². The molecule has 0 bridgehead atoms. The first-order chi connectivity index (χ1) is 10.1. The number of nitro benzene ring substituents is 1. The highest BCUT2D eigenvalue weighted by atomic mass is 19.1. The predicted octanol–water partition coefficient (Wildman–Crippen LogP) is 3.45. The van der Waals surface area contributed by atoms with Gasteiger partial charge in [0.15, 0.2) is 5.78 Å². The number of halogens is 1. The number of aromatic nitrogens is 1. The highest BCUT2D eigenvalue weighted by Crippen LogP contribution is 2.23. The van der Waals surface area contributed by atoms with Gasteiger partial charge in [-0.15, -0.1) is 0 Å². The summed E-state index contributed by atoms with van der Waals surface area (Å²) in [6.45, 7) is 0. The average Bonchev–Trinajstić information content (AvgIpc) is 2.89. The van der Waals surface area contributed by atoms with Crippen molar-refractivity contribution in [2.24, 2.45) is 0 Å². The average molecular weight is 284 g/mol. The van der Waals surface area contributed by atoms with Crippen molar-refractivity contribution in [3.05, 3.63) is 75.7 Å². The lowest BCUT2D eigenvalue weighted by molar-refractivity contribution is -0.384. The van der Waals surface area contributed by atoms with Crippen LogP contribution < -0.4 is 0 Å². The number of hydrogen-bond donors (Lipinski definition) is 1. The minimum Gasteiger partial charge on any atom is -0.360 e. The van der Waals surface area contributed by atoms with Crippen molar-refractivity contribution in [3.63, 3.8) is 0 Å². The fourth-order valence-electron chi connectivity index (χ4n) is 2.17. The van der Waals surface area contributed by atoms with Gasteiger partial charge in [-0.05, 0) is 30.3 Å². The van der Waals surface area contributed by atoms with Gasteiger partial charge in [-0.1, -0.05) is 0 Å². The van der Waals surface area contributed by atoms with E-state index in [1.165, 1.54) is 42.6 Å². The third-order valence-corrected chi connectivity index (χ3v) is 3.23. The molecule has 0 aliphatic heterocycles. The number of fused-ring (bicyclic) bond motifs is 1. The molecular formula is C15H9FN2O3. The van der Waals surface area contributed by atoms with E-state index in [0.717, 1.165) is 0 Å². The molecule has 0 fully saturated rings. The molecule has 6 heteroatoms. The number of aromatic amines is 1. The van der Waals surface area contributed by atoms with Crippen LogP contribution in [0.5, 0.6) is 0 Å². The zero-order chi connectivity index (χ0) is 15.0. The first-order valence-electron chi connectivity index (χ1n) is 6.12. The normalized spacial score (nSPS) is 10.7. The number of carbonyl (C=O) groups is 1. The van der Waals surface area contributed by atoms with Gasteiger partial charge < -0.3 is 4.98 Å². The predicted molar refractivity (Wildman–Crippen MR) is 74.8 cm³/mol. The highest BCUT2D eigenvalue weighted by molar-refractivity contribution is 6.16. The van der Waals surface area contributed by atoms with Gasteiger partial charge in [-0.25, -0.2) is 4.39 Å². The number of non-ortho nitro benzene ring substituents is 1. The summed E-state index contributed by atoms with van der Waals surface area (Å²) < 4.78 is 13.3. The van der Waals surface area contributed by atoms with Crippen LogP contribution in [0.15, 0.2) is 48.7 Å². The molecule has 0 saturated heterocycles. The number of carbonyl (C=O) groups excluding carboxylic acids is 1. The molecule has 0 aliphatic carbocycles. The van der Waals surface area contributed by atoms with Crippen molar-refractivity contribution in [3.8, 4) is 0 Å². The summed E-state index contributed by atoms with van der Waals surface area (Å²) in [4.78, 5) is 25.4. The van der Waals surface area contributed by atoms with Crippen molar-refractivity contribution in [1.82, 2.24) is 4.98 Å². The number of rotatable bonds is 3. The maximum atomic E-state index is 13.3. The molecule has 2 aromatic carbocycles. The second-order valence-electron chi connectivity index (χ2n) is 4.53. The molecule has 3 rings (SSSR count). The van der Waals surface area contributed by atoms with E-state index >= 15 is 0 Å². The molecule has 0 aliphatic rings. The Hall–Kier alpha value is -3.02. The molecule has 1 aromatic heterocycles. The molecule has 0 saturated carbocycles. The molecule has 0 unspecified atom stereocenters. The Bertz CT molecular complexity index is 853. The minimum atomic E-state index is -0.532. The number of hydrogen-bond acceptors (Lipinski definition) is 3. The molecule has 3 aromatic rings. The molecular weight excluding hydrogens is 275 g/mol. The van der Waals surface area contributed by atoms with Crippen LogP contribution in [-0.4, -0.2) is 15.7 Å². The fraction of sp³-hybridized carbons (Fsp3) is 0. The molecule has 1 heterocycles. The van der Waals surface area contributed by atoms with Gasteiger partial charge in [-0.2, -0.15) is 0 Å². The highest BCUT2D eigenvalue weighted by Gasteiger charge is 2.16. The minimum absolute atomic E-state index is 0.0866. The van der Waals surface area contributed by atoms with Crippen LogP contribution in [0.25, 0.3) is 10.9 Å². The van der Waals surface area contributed by atoms with Crippen molar-refractivity contribution >= 4 is 22.4 Å². The molecule has 104 valence electrons. The molecule has 0 amide bonds. The van der Waals surface area contributed by atoms with Gasteiger partial charge in [0.2, 0.25) is 0 Å². The standard InChI is InChI=1S/C15H9FN2O3/c16-10-3-6-14-12(7-10)13(8-17-14)15(19)9-1-4-11(5-2-9)18(20)21/h1-8,17H. The second-order valence-corrected chi connectivity index (χ2v) is 4.53. The van der Waals surface area contributed by atoms with E-state index in [-0.39, 0.29) is 11.5 Å². The van der Waals surface area contributed by atoms with Gasteiger partial charge in [0, 0.05) is 40.4 Å². The van der Waals surface area contributed by atoms with Crippen molar-refractivity contribution in [2.45, 2.75) is 0 Å². The second kappa shape index (κ2) is 4.82. The van der Waals surface area contributed by atoms with E-state index in [2.05, 4.69) is 4.98 Å². The molecule has 0 spiro atoms. The van der Waals surface area contributed by atoms with Crippen LogP contribution in [0.1, 0.15) is 15.9 Å². The van der Waals surface area contributed by atoms with E-state index in [9.17, 15) is 19.3 Å². The zero-order valence-corrected chi connectivity index (χ0v) is 10.7. The maximum Gasteiger partial charge on any atom is 0.269 e. The Morgan fingerprint density at radius 2 is 1.86 bits per heavy atom. The third kappa shape index (κ3) is 2.27. The van der Waals surface area contributed by atoms with E-state index in [4.69, 9.17) is 0 Å². The first kappa shape index (κ1) is 13.0. The van der Waals surface area contributed by atoms with E-state index in [0.29, 0.717) is 22.0 Å². The Kier molecular flexibility index (Phi) is 2.98. The monoisotopic (exact) mass is 284 g/mol. The SMILES string of the molecule is O=C(c1ccc([N+](=O)[O-])cc1)c1c[nH]c2ccc(F)cc12.